The van der Waals surface area contributed by atoms with Gasteiger partial charge in [-0.1, -0.05) is 69.8 Å². The van der Waals surface area contributed by atoms with Crippen LogP contribution in [0.15, 0.2) is 24.3 Å². The van der Waals surface area contributed by atoms with Crippen LogP contribution in [0.25, 0.3) is 0 Å². The summed E-state index contributed by atoms with van der Waals surface area (Å²) in [6, 6.07) is 1.18. The number of hydrogen-bond donors (Lipinski definition) is 4. The Morgan fingerprint density at radius 2 is 1.19 bits per heavy atom. The monoisotopic (exact) mass is 436 g/mol. The molecule has 0 aromatic heterocycles. The second kappa shape index (κ2) is 24.0. The number of hydrogen-bond acceptors (Lipinski definition) is 4. The van der Waals surface area contributed by atoms with Crippen LogP contribution in [0.1, 0.15) is 105 Å². The van der Waals surface area contributed by atoms with E-state index in [4.69, 9.17) is 5.73 Å². The van der Waals surface area contributed by atoms with Gasteiger partial charge in [0.25, 0.3) is 0 Å². The van der Waals surface area contributed by atoms with Crippen molar-refractivity contribution >= 4 is 0 Å². The maximum Gasteiger partial charge on any atom is 0.0164 e. The minimum atomic E-state index is 0.218. The third kappa shape index (κ3) is 25.5. The van der Waals surface area contributed by atoms with E-state index in [1.165, 1.54) is 70.6 Å². The molecule has 0 aliphatic carbocycles. The summed E-state index contributed by atoms with van der Waals surface area (Å²) < 4.78 is 0. The lowest BCUT2D eigenvalue weighted by atomic mass is 10.1. The minimum absolute atomic E-state index is 0.218. The molecule has 184 valence electrons. The molecule has 4 heteroatoms. The number of unbranched alkanes of at least 4 members (excludes halogenated alkanes) is 9. The Hall–Kier alpha value is -0.680. The zero-order valence-electron chi connectivity index (χ0n) is 21.4. The number of allylic oxidation sites excluding steroid dienone is 4. The van der Waals surface area contributed by atoms with Crippen LogP contribution in [-0.4, -0.2) is 44.3 Å². The molecule has 3 atom stereocenters. The lowest BCUT2D eigenvalue weighted by Crippen LogP contribution is -2.45. The summed E-state index contributed by atoms with van der Waals surface area (Å²) >= 11 is 0. The van der Waals surface area contributed by atoms with Gasteiger partial charge in [-0.25, -0.2) is 0 Å². The first-order chi connectivity index (χ1) is 15.1. The number of rotatable bonds is 23. The zero-order valence-corrected chi connectivity index (χ0v) is 21.4. The average molecular weight is 437 g/mol. The molecule has 0 saturated heterocycles. The maximum atomic E-state index is 5.78. The first-order valence-corrected chi connectivity index (χ1v) is 13.3. The van der Waals surface area contributed by atoms with E-state index in [-0.39, 0.29) is 6.04 Å². The lowest BCUT2D eigenvalue weighted by molar-refractivity contribution is 0.435. The number of nitrogens with two attached hydrogens (primary N) is 1. The fourth-order valence-corrected chi connectivity index (χ4v) is 3.47. The fraction of sp³-hybridized carbons (Fsp3) is 0.852. The largest absolute Gasteiger partial charge is 0.327 e. The smallest absolute Gasteiger partial charge is 0.0164 e. The number of nitrogens with one attached hydrogen (secondary N) is 3. The molecule has 0 aromatic rings. The van der Waals surface area contributed by atoms with Crippen LogP contribution < -0.4 is 21.7 Å². The third-order valence-electron chi connectivity index (χ3n) is 5.57. The highest BCUT2D eigenvalue weighted by Crippen LogP contribution is 2.07. The van der Waals surface area contributed by atoms with Gasteiger partial charge < -0.3 is 21.7 Å². The first-order valence-electron chi connectivity index (χ1n) is 13.3. The van der Waals surface area contributed by atoms with Crippen molar-refractivity contribution in [1.82, 2.24) is 16.0 Å². The Kier molecular flexibility index (Phi) is 23.4. The third-order valence-corrected chi connectivity index (χ3v) is 5.57. The van der Waals surface area contributed by atoms with Gasteiger partial charge in [-0.05, 0) is 65.8 Å². The Labute approximate surface area is 195 Å². The van der Waals surface area contributed by atoms with Crippen molar-refractivity contribution in [2.45, 2.75) is 123 Å². The Balaban J connectivity index is 3.31. The van der Waals surface area contributed by atoms with E-state index in [9.17, 15) is 0 Å². The van der Waals surface area contributed by atoms with Crippen LogP contribution in [0.5, 0.6) is 0 Å². The van der Waals surface area contributed by atoms with Crippen LogP contribution >= 0.6 is 0 Å². The molecule has 0 spiro atoms. The van der Waals surface area contributed by atoms with Gasteiger partial charge in [-0.2, -0.15) is 0 Å². The minimum Gasteiger partial charge on any atom is -0.327 e. The Bertz CT molecular complexity index is 406. The van der Waals surface area contributed by atoms with Crippen LogP contribution in [0, 0.1) is 0 Å². The second-order valence-electron chi connectivity index (χ2n) is 9.38. The van der Waals surface area contributed by atoms with Crippen molar-refractivity contribution in [3.05, 3.63) is 24.3 Å². The topological polar surface area (TPSA) is 62.1 Å². The molecule has 0 aliphatic heterocycles. The molecule has 0 aliphatic rings. The van der Waals surface area contributed by atoms with Crippen molar-refractivity contribution in [3.8, 4) is 0 Å². The molecule has 0 amide bonds. The molecule has 4 nitrogen and oxygen atoms in total. The molecule has 3 unspecified atom stereocenters. The normalized spacial score (nSPS) is 15.1. The molecule has 0 fully saturated rings. The molecule has 0 aromatic carbocycles. The van der Waals surface area contributed by atoms with Crippen molar-refractivity contribution in [2.24, 2.45) is 5.73 Å². The molecular formula is C27H56N4. The molecule has 5 N–H and O–H groups in total. The lowest BCUT2D eigenvalue weighted by Gasteiger charge is -2.20. The molecule has 0 saturated carbocycles. The fourth-order valence-electron chi connectivity index (χ4n) is 3.47. The van der Waals surface area contributed by atoms with Gasteiger partial charge in [0.1, 0.15) is 0 Å². The van der Waals surface area contributed by atoms with Crippen molar-refractivity contribution in [3.63, 3.8) is 0 Å². The second-order valence-corrected chi connectivity index (χ2v) is 9.38. The first kappa shape index (κ1) is 30.3. The summed E-state index contributed by atoms with van der Waals surface area (Å²) in [4.78, 5) is 0. The van der Waals surface area contributed by atoms with Gasteiger partial charge in [-0.3, -0.25) is 0 Å². The van der Waals surface area contributed by atoms with Crippen molar-refractivity contribution in [1.29, 1.82) is 0 Å². The molecule has 0 bridgehead atoms. The molecular weight excluding hydrogens is 380 g/mol. The average Bonchev–Trinajstić information content (AvgIpc) is 2.75. The SMILES string of the molecule is CCCCCC=CCC=CCCCCCCCCNCC(C)NCC(C)NCC(C)N. The van der Waals surface area contributed by atoms with E-state index >= 15 is 0 Å². The highest BCUT2D eigenvalue weighted by Gasteiger charge is 2.05. The van der Waals surface area contributed by atoms with Gasteiger partial charge in [0.05, 0.1) is 0 Å². The van der Waals surface area contributed by atoms with Gasteiger partial charge in [0.15, 0.2) is 0 Å². The molecule has 31 heavy (non-hydrogen) atoms. The van der Waals surface area contributed by atoms with E-state index in [1.807, 2.05) is 6.92 Å². The molecule has 0 radical (unpaired) electrons. The van der Waals surface area contributed by atoms with Crippen molar-refractivity contribution < 1.29 is 0 Å². The van der Waals surface area contributed by atoms with Crippen LogP contribution in [0.3, 0.4) is 0 Å². The van der Waals surface area contributed by atoms with Crippen LogP contribution in [0.4, 0.5) is 0 Å². The van der Waals surface area contributed by atoms with Crippen LogP contribution in [0.2, 0.25) is 0 Å². The summed E-state index contributed by atoms with van der Waals surface area (Å²) in [7, 11) is 0. The van der Waals surface area contributed by atoms with Gasteiger partial charge in [0, 0.05) is 37.8 Å². The predicted octanol–water partition coefficient (Wildman–Crippen LogP) is 5.69. The maximum absolute atomic E-state index is 5.78. The standard InChI is InChI=1S/C27H56N4/c1-5-6-7-8-9-10-11-12-13-14-15-16-17-18-19-20-21-29-23-26(3)31-24-27(4)30-22-25(2)28/h9-10,12-13,25-27,29-31H,5-8,11,14-24,28H2,1-4H3. The highest BCUT2D eigenvalue weighted by molar-refractivity contribution is 4.92. The molecule has 0 rings (SSSR count). The van der Waals surface area contributed by atoms with Gasteiger partial charge in [0.2, 0.25) is 0 Å². The summed E-state index contributed by atoms with van der Waals surface area (Å²) in [5.74, 6) is 0. The quantitative estimate of drug-likeness (QED) is 0.123. The van der Waals surface area contributed by atoms with Gasteiger partial charge in [-0.15, -0.1) is 0 Å². The van der Waals surface area contributed by atoms with Gasteiger partial charge >= 0.3 is 0 Å². The predicted molar refractivity (Wildman–Crippen MR) is 141 cm³/mol. The summed E-state index contributed by atoms with van der Waals surface area (Å²) in [5, 5.41) is 10.6. The van der Waals surface area contributed by atoms with E-state index < -0.39 is 0 Å². The summed E-state index contributed by atoms with van der Waals surface area (Å²) in [6.07, 6.45) is 25.1. The summed E-state index contributed by atoms with van der Waals surface area (Å²) in [5.41, 5.74) is 5.78. The zero-order chi connectivity index (χ0) is 23.0. The molecule has 0 heterocycles. The summed E-state index contributed by atoms with van der Waals surface area (Å²) in [6.45, 7) is 12.8. The van der Waals surface area contributed by atoms with Crippen LogP contribution in [-0.2, 0) is 0 Å². The van der Waals surface area contributed by atoms with E-state index in [2.05, 4.69) is 61.0 Å². The van der Waals surface area contributed by atoms with E-state index in [1.54, 1.807) is 0 Å². The van der Waals surface area contributed by atoms with E-state index in [0.717, 1.165) is 32.6 Å². The van der Waals surface area contributed by atoms with E-state index in [0.29, 0.717) is 12.1 Å². The highest BCUT2D eigenvalue weighted by atomic mass is 15.0. The Morgan fingerprint density at radius 3 is 1.84 bits per heavy atom. The van der Waals surface area contributed by atoms with Crippen molar-refractivity contribution in [2.75, 3.05) is 26.2 Å². The Morgan fingerprint density at radius 1 is 0.645 bits per heavy atom.